The minimum atomic E-state index is -0.643. The third-order valence-electron chi connectivity index (χ3n) is 5.81. The van der Waals surface area contributed by atoms with E-state index >= 15 is 0 Å². The third kappa shape index (κ3) is 6.61. The molecule has 11 nitrogen and oxygen atoms in total. The SMILES string of the molecule is CNC(=O)c1cc(Nc2ncc(F)c(Nc3ccc(OCC(N)=O)cc3)n2)ccc1N1CCN(C)CC1. The van der Waals surface area contributed by atoms with Crippen LogP contribution in [-0.4, -0.2) is 73.6 Å². The number of benzene rings is 2. The summed E-state index contributed by atoms with van der Waals surface area (Å²) >= 11 is 0. The van der Waals surface area contributed by atoms with Gasteiger partial charge in [-0.05, 0) is 49.5 Å². The highest BCUT2D eigenvalue weighted by Crippen LogP contribution is 2.28. The molecule has 1 aliphatic rings. The molecule has 3 aromatic rings. The first-order valence-electron chi connectivity index (χ1n) is 11.7. The molecule has 1 aromatic heterocycles. The normalized spacial score (nSPS) is 13.6. The molecule has 0 bridgehead atoms. The maximum Gasteiger partial charge on any atom is 0.255 e. The van der Waals surface area contributed by atoms with E-state index in [1.807, 2.05) is 12.1 Å². The Bertz CT molecular complexity index is 1260. The second-order valence-electron chi connectivity index (χ2n) is 8.52. The zero-order chi connectivity index (χ0) is 26.4. The van der Waals surface area contributed by atoms with Crippen LogP contribution in [-0.2, 0) is 4.79 Å². The van der Waals surface area contributed by atoms with Crippen LogP contribution in [0.1, 0.15) is 10.4 Å². The van der Waals surface area contributed by atoms with Crippen LogP contribution in [0.25, 0.3) is 0 Å². The summed E-state index contributed by atoms with van der Waals surface area (Å²) in [4.78, 5) is 36.2. The highest BCUT2D eigenvalue weighted by atomic mass is 19.1. The van der Waals surface area contributed by atoms with Gasteiger partial charge >= 0.3 is 0 Å². The van der Waals surface area contributed by atoms with Gasteiger partial charge in [0.2, 0.25) is 5.95 Å². The minimum absolute atomic E-state index is 0.0381. The van der Waals surface area contributed by atoms with Crippen LogP contribution < -0.4 is 31.3 Å². The van der Waals surface area contributed by atoms with Crippen LogP contribution in [0.4, 0.5) is 33.2 Å². The Hall–Kier alpha value is -4.45. The number of nitrogens with zero attached hydrogens (tertiary/aromatic N) is 4. The van der Waals surface area contributed by atoms with Crippen molar-refractivity contribution in [2.24, 2.45) is 5.73 Å². The molecule has 0 unspecified atom stereocenters. The second kappa shape index (κ2) is 11.5. The fourth-order valence-corrected chi connectivity index (χ4v) is 3.82. The number of halogens is 1. The fraction of sp³-hybridized carbons (Fsp3) is 0.280. The molecule has 5 N–H and O–H groups in total. The number of hydrogen-bond acceptors (Lipinski definition) is 9. The van der Waals surface area contributed by atoms with E-state index < -0.39 is 11.7 Å². The van der Waals surface area contributed by atoms with E-state index in [1.54, 1.807) is 37.4 Å². The largest absolute Gasteiger partial charge is 0.484 e. The number of aromatic nitrogens is 2. The zero-order valence-corrected chi connectivity index (χ0v) is 20.6. The Morgan fingerprint density at radius 2 is 1.76 bits per heavy atom. The van der Waals surface area contributed by atoms with Crippen LogP contribution >= 0.6 is 0 Å². The summed E-state index contributed by atoms with van der Waals surface area (Å²) in [7, 11) is 3.67. The third-order valence-corrected chi connectivity index (χ3v) is 5.81. The molecule has 0 aliphatic carbocycles. The molecular weight excluding hydrogens is 479 g/mol. The van der Waals surface area contributed by atoms with Crippen molar-refractivity contribution in [1.82, 2.24) is 20.2 Å². The summed E-state index contributed by atoms with van der Waals surface area (Å²) < 4.78 is 19.7. The number of rotatable bonds is 9. The summed E-state index contributed by atoms with van der Waals surface area (Å²) in [5.74, 6) is -0.868. The lowest BCUT2D eigenvalue weighted by molar-refractivity contribution is -0.119. The number of hydrogen-bond donors (Lipinski definition) is 4. The van der Waals surface area contributed by atoms with E-state index in [1.165, 1.54) is 0 Å². The van der Waals surface area contributed by atoms with Gasteiger partial charge in [0, 0.05) is 50.3 Å². The van der Waals surface area contributed by atoms with Gasteiger partial charge in [0.05, 0.1) is 11.8 Å². The first-order chi connectivity index (χ1) is 17.8. The Morgan fingerprint density at radius 3 is 2.43 bits per heavy atom. The maximum absolute atomic E-state index is 14.4. The highest BCUT2D eigenvalue weighted by Gasteiger charge is 2.20. The molecule has 1 aliphatic heterocycles. The average Bonchev–Trinajstić information content (AvgIpc) is 2.90. The molecule has 2 aromatic carbocycles. The molecule has 37 heavy (non-hydrogen) atoms. The van der Waals surface area contributed by atoms with Crippen molar-refractivity contribution in [3.63, 3.8) is 0 Å². The van der Waals surface area contributed by atoms with Crippen LogP contribution in [0.5, 0.6) is 5.75 Å². The number of amides is 2. The van der Waals surface area contributed by atoms with E-state index in [2.05, 4.69) is 42.8 Å². The molecule has 2 amide bonds. The van der Waals surface area contributed by atoms with E-state index in [-0.39, 0.29) is 24.3 Å². The number of carbonyl (C=O) groups is 2. The standard InChI is InChI=1S/C25H29FN8O3/c1-28-24(36)19-13-17(5-8-21(19)34-11-9-33(2)10-12-34)31-25-29-14-20(26)23(32-25)30-16-3-6-18(7-4-16)37-15-22(27)35/h3-8,13-14H,9-12,15H2,1-2H3,(H2,27,35)(H,28,36)(H2,29,30,31,32). The molecule has 4 rings (SSSR count). The van der Waals surface area contributed by atoms with Gasteiger partial charge in [-0.1, -0.05) is 0 Å². The number of nitrogens with two attached hydrogens (primary N) is 1. The average molecular weight is 509 g/mol. The van der Waals surface area contributed by atoms with Crippen LogP contribution in [0.15, 0.2) is 48.7 Å². The van der Waals surface area contributed by atoms with Gasteiger partial charge in [-0.25, -0.2) is 9.37 Å². The molecule has 1 saturated heterocycles. The van der Waals surface area contributed by atoms with E-state index in [4.69, 9.17) is 10.5 Å². The molecular formula is C25H29FN8O3. The van der Waals surface area contributed by atoms with Gasteiger partial charge in [0.1, 0.15) is 5.75 Å². The van der Waals surface area contributed by atoms with Crippen molar-refractivity contribution >= 4 is 40.6 Å². The van der Waals surface area contributed by atoms with E-state index in [0.29, 0.717) is 22.7 Å². The Balaban J connectivity index is 1.50. The van der Waals surface area contributed by atoms with Gasteiger partial charge in [0.25, 0.3) is 11.8 Å². The van der Waals surface area contributed by atoms with Crippen molar-refractivity contribution in [2.45, 2.75) is 0 Å². The maximum atomic E-state index is 14.4. The topological polar surface area (TPSA) is 138 Å². The second-order valence-corrected chi connectivity index (χ2v) is 8.52. The molecule has 0 atom stereocenters. The minimum Gasteiger partial charge on any atom is -0.484 e. The van der Waals surface area contributed by atoms with Crippen molar-refractivity contribution in [1.29, 1.82) is 0 Å². The van der Waals surface area contributed by atoms with Gasteiger partial charge in [-0.3, -0.25) is 9.59 Å². The summed E-state index contributed by atoms with van der Waals surface area (Å²) in [5.41, 5.74) is 7.59. The number of primary amides is 1. The molecule has 2 heterocycles. The number of ether oxygens (including phenoxy) is 1. The number of carbonyl (C=O) groups excluding carboxylic acids is 2. The molecule has 1 fully saturated rings. The Kier molecular flexibility index (Phi) is 7.98. The van der Waals surface area contributed by atoms with Gasteiger partial charge < -0.3 is 36.2 Å². The van der Waals surface area contributed by atoms with Crippen molar-refractivity contribution < 1.29 is 18.7 Å². The lowest BCUT2D eigenvalue weighted by Crippen LogP contribution is -2.45. The summed E-state index contributed by atoms with van der Waals surface area (Å²) in [6, 6.07) is 12.0. The summed E-state index contributed by atoms with van der Waals surface area (Å²) in [6.45, 7) is 3.23. The molecule has 0 saturated carbocycles. The molecule has 0 radical (unpaired) electrons. The molecule has 0 spiro atoms. The smallest absolute Gasteiger partial charge is 0.255 e. The van der Waals surface area contributed by atoms with Gasteiger partial charge in [-0.2, -0.15) is 4.98 Å². The lowest BCUT2D eigenvalue weighted by Gasteiger charge is -2.35. The zero-order valence-electron chi connectivity index (χ0n) is 20.6. The van der Waals surface area contributed by atoms with Crippen LogP contribution in [0.2, 0.25) is 0 Å². The van der Waals surface area contributed by atoms with Crippen molar-refractivity contribution in [3.8, 4) is 5.75 Å². The van der Waals surface area contributed by atoms with Gasteiger partial charge in [0.15, 0.2) is 18.2 Å². The lowest BCUT2D eigenvalue weighted by atomic mass is 10.1. The number of likely N-dealkylation sites (N-methyl/N-ethyl adjacent to an activating group) is 1. The summed E-state index contributed by atoms with van der Waals surface area (Å²) in [5, 5.41) is 8.64. The number of anilines is 5. The molecule has 194 valence electrons. The van der Waals surface area contributed by atoms with E-state index in [9.17, 15) is 14.0 Å². The predicted molar refractivity (Wildman–Crippen MR) is 139 cm³/mol. The fourth-order valence-electron chi connectivity index (χ4n) is 3.82. The van der Waals surface area contributed by atoms with Gasteiger partial charge in [-0.15, -0.1) is 0 Å². The van der Waals surface area contributed by atoms with Crippen LogP contribution in [0.3, 0.4) is 0 Å². The van der Waals surface area contributed by atoms with Crippen molar-refractivity contribution in [3.05, 3.63) is 60.0 Å². The van der Waals surface area contributed by atoms with Crippen LogP contribution in [0, 0.1) is 5.82 Å². The quantitative estimate of drug-likeness (QED) is 0.342. The summed E-state index contributed by atoms with van der Waals surface area (Å²) in [6.07, 6.45) is 1.06. The first-order valence-corrected chi connectivity index (χ1v) is 11.7. The number of piperazine rings is 1. The number of nitrogens with one attached hydrogen (secondary N) is 3. The van der Waals surface area contributed by atoms with Crippen molar-refractivity contribution in [2.75, 3.05) is 62.4 Å². The predicted octanol–water partition coefficient (Wildman–Crippen LogP) is 2.08. The Labute approximate surface area is 213 Å². The highest BCUT2D eigenvalue weighted by molar-refractivity contribution is 6.00. The van der Waals surface area contributed by atoms with E-state index in [0.717, 1.165) is 38.1 Å². The first kappa shape index (κ1) is 25.6. The monoisotopic (exact) mass is 508 g/mol. The Morgan fingerprint density at radius 1 is 1.05 bits per heavy atom. The molecule has 12 heteroatoms.